The number of aromatic nitrogens is 1. The van der Waals surface area contributed by atoms with Gasteiger partial charge in [0, 0.05) is 27.2 Å². The molecule has 1 aromatic rings. The maximum Gasteiger partial charge on any atom is 0.319 e. The second-order valence-electron chi connectivity index (χ2n) is 4.71. The molecule has 6 nitrogen and oxygen atoms in total. The maximum absolute atomic E-state index is 11.7. The third kappa shape index (κ3) is 5.44. The van der Waals surface area contributed by atoms with Crippen molar-refractivity contribution < 1.29 is 4.79 Å². The Bertz CT molecular complexity index is 401. The number of hydrogen-bond acceptors (Lipinski definition) is 4. The number of hydrogen-bond donors (Lipinski definition) is 2. The number of carbonyl (C=O) groups is 1. The van der Waals surface area contributed by atoms with Crippen molar-refractivity contribution in [1.29, 1.82) is 0 Å². The highest BCUT2D eigenvalue weighted by molar-refractivity contribution is 5.89. The minimum absolute atomic E-state index is 0.198. The van der Waals surface area contributed by atoms with Crippen molar-refractivity contribution in [2.45, 2.75) is 13.8 Å². The molecule has 0 aliphatic heterocycles. The van der Waals surface area contributed by atoms with Crippen molar-refractivity contribution in [1.82, 2.24) is 15.2 Å². The quantitative estimate of drug-likeness (QED) is 0.796. The summed E-state index contributed by atoms with van der Waals surface area (Å²) in [6, 6.07) is 3.51. The predicted molar refractivity (Wildman–Crippen MR) is 83.4 cm³/mol. The first kappa shape index (κ1) is 16.2. The molecule has 0 radical (unpaired) electrons. The highest BCUT2D eigenvalue weighted by atomic mass is 16.2. The summed E-state index contributed by atoms with van der Waals surface area (Å²) in [5.41, 5.74) is 0.691. The molecule has 20 heavy (non-hydrogen) atoms. The van der Waals surface area contributed by atoms with Crippen LogP contribution in [-0.2, 0) is 0 Å². The second-order valence-corrected chi connectivity index (χ2v) is 4.71. The molecule has 0 saturated heterocycles. The Hall–Kier alpha value is -1.82. The van der Waals surface area contributed by atoms with Gasteiger partial charge in [0.25, 0.3) is 0 Å². The fourth-order valence-corrected chi connectivity index (χ4v) is 1.77. The summed E-state index contributed by atoms with van der Waals surface area (Å²) in [4.78, 5) is 20.1. The van der Waals surface area contributed by atoms with Gasteiger partial charge in [-0.05, 0) is 25.2 Å². The van der Waals surface area contributed by atoms with Crippen LogP contribution in [0.15, 0.2) is 18.3 Å². The van der Waals surface area contributed by atoms with Crippen molar-refractivity contribution >= 4 is 17.5 Å². The van der Waals surface area contributed by atoms with Crippen LogP contribution < -0.4 is 15.5 Å². The van der Waals surface area contributed by atoms with Gasteiger partial charge in [-0.1, -0.05) is 13.8 Å². The van der Waals surface area contributed by atoms with Gasteiger partial charge in [-0.3, -0.25) is 0 Å². The van der Waals surface area contributed by atoms with Crippen molar-refractivity contribution in [3.63, 3.8) is 0 Å². The molecule has 2 N–H and O–H groups in total. The van der Waals surface area contributed by atoms with Gasteiger partial charge in [0.15, 0.2) is 0 Å². The molecule has 0 spiro atoms. The summed E-state index contributed by atoms with van der Waals surface area (Å²) in [6.45, 7) is 7.71. The fraction of sp³-hybridized carbons (Fsp3) is 0.571. The van der Waals surface area contributed by atoms with E-state index in [2.05, 4.69) is 34.4 Å². The van der Waals surface area contributed by atoms with Gasteiger partial charge in [-0.25, -0.2) is 9.78 Å². The number of amides is 2. The number of urea groups is 1. The molecule has 6 heteroatoms. The topological polar surface area (TPSA) is 60.5 Å². The molecule has 0 aliphatic rings. The van der Waals surface area contributed by atoms with Crippen LogP contribution >= 0.6 is 0 Å². The van der Waals surface area contributed by atoms with Gasteiger partial charge in [-0.15, -0.1) is 0 Å². The number of pyridine rings is 1. The summed E-state index contributed by atoms with van der Waals surface area (Å²) in [7, 11) is 3.85. The smallest absolute Gasteiger partial charge is 0.319 e. The van der Waals surface area contributed by atoms with E-state index in [0.29, 0.717) is 12.2 Å². The molecule has 0 bridgehead atoms. The zero-order valence-electron chi connectivity index (χ0n) is 12.8. The first-order chi connectivity index (χ1) is 9.56. The summed E-state index contributed by atoms with van der Waals surface area (Å²) < 4.78 is 0. The van der Waals surface area contributed by atoms with E-state index in [9.17, 15) is 4.79 Å². The number of rotatable bonds is 7. The lowest BCUT2D eigenvalue weighted by Gasteiger charge is -2.18. The minimum Gasteiger partial charge on any atom is -0.363 e. The SMILES string of the molecule is CCN(CC)CCNC(=O)Nc1ccc(N(C)C)nc1. The second kappa shape index (κ2) is 8.37. The number of nitrogens with zero attached hydrogens (tertiary/aromatic N) is 3. The van der Waals surface area contributed by atoms with Crippen LogP contribution in [-0.4, -0.2) is 56.2 Å². The number of anilines is 2. The lowest BCUT2D eigenvalue weighted by Crippen LogP contribution is -2.36. The van der Waals surface area contributed by atoms with Crippen LogP contribution in [0, 0.1) is 0 Å². The minimum atomic E-state index is -0.198. The standard InChI is InChI=1S/C14H25N5O/c1-5-19(6-2)10-9-15-14(20)17-12-7-8-13(16-11-12)18(3)4/h7-8,11H,5-6,9-10H2,1-4H3,(H2,15,17,20). The monoisotopic (exact) mass is 279 g/mol. The van der Waals surface area contributed by atoms with Crippen molar-refractivity contribution in [2.75, 3.05) is 50.5 Å². The average molecular weight is 279 g/mol. The van der Waals surface area contributed by atoms with Gasteiger partial charge in [0.1, 0.15) is 5.82 Å². The van der Waals surface area contributed by atoms with Gasteiger partial charge in [-0.2, -0.15) is 0 Å². The molecular formula is C14H25N5O. The Morgan fingerprint density at radius 2 is 1.95 bits per heavy atom. The largest absolute Gasteiger partial charge is 0.363 e. The maximum atomic E-state index is 11.7. The Labute approximate surface area is 121 Å². The van der Waals surface area contributed by atoms with Crippen LogP contribution in [0.4, 0.5) is 16.3 Å². The zero-order valence-corrected chi connectivity index (χ0v) is 12.8. The van der Waals surface area contributed by atoms with E-state index in [1.807, 2.05) is 31.1 Å². The summed E-state index contributed by atoms with van der Waals surface area (Å²) in [6.07, 6.45) is 1.65. The van der Waals surface area contributed by atoms with E-state index >= 15 is 0 Å². The highest BCUT2D eigenvalue weighted by Crippen LogP contribution is 2.11. The highest BCUT2D eigenvalue weighted by Gasteiger charge is 2.04. The molecule has 0 aliphatic carbocycles. The molecule has 2 amide bonds. The third-order valence-electron chi connectivity index (χ3n) is 3.07. The Kier molecular flexibility index (Phi) is 6.79. The van der Waals surface area contributed by atoms with Crippen LogP contribution in [0.2, 0.25) is 0 Å². The first-order valence-corrected chi connectivity index (χ1v) is 6.97. The van der Waals surface area contributed by atoms with Crippen LogP contribution in [0.25, 0.3) is 0 Å². The average Bonchev–Trinajstić information content (AvgIpc) is 2.44. The molecule has 0 atom stereocenters. The molecular weight excluding hydrogens is 254 g/mol. The Morgan fingerprint density at radius 3 is 2.45 bits per heavy atom. The third-order valence-corrected chi connectivity index (χ3v) is 3.07. The summed E-state index contributed by atoms with van der Waals surface area (Å²) >= 11 is 0. The zero-order chi connectivity index (χ0) is 15.0. The fourth-order valence-electron chi connectivity index (χ4n) is 1.77. The molecule has 0 saturated carbocycles. The molecule has 0 aromatic carbocycles. The lowest BCUT2D eigenvalue weighted by molar-refractivity contribution is 0.248. The Morgan fingerprint density at radius 1 is 1.25 bits per heavy atom. The van der Waals surface area contributed by atoms with Crippen molar-refractivity contribution in [2.24, 2.45) is 0 Å². The lowest BCUT2D eigenvalue weighted by atomic mass is 10.4. The van der Waals surface area contributed by atoms with Gasteiger partial charge >= 0.3 is 6.03 Å². The van der Waals surface area contributed by atoms with Gasteiger partial charge in [0.05, 0.1) is 11.9 Å². The number of carbonyl (C=O) groups excluding carboxylic acids is 1. The van der Waals surface area contributed by atoms with Gasteiger partial charge < -0.3 is 20.4 Å². The normalized spacial score (nSPS) is 10.4. The predicted octanol–water partition coefficient (Wildman–Crippen LogP) is 1.61. The van der Waals surface area contributed by atoms with E-state index in [-0.39, 0.29) is 6.03 Å². The first-order valence-electron chi connectivity index (χ1n) is 6.97. The molecule has 0 fully saturated rings. The summed E-state index contributed by atoms with van der Waals surface area (Å²) in [5, 5.41) is 5.61. The number of nitrogens with one attached hydrogen (secondary N) is 2. The molecule has 112 valence electrons. The molecule has 1 rings (SSSR count). The van der Waals surface area contributed by atoms with E-state index < -0.39 is 0 Å². The molecule has 1 heterocycles. The van der Waals surface area contributed by atoms with Gasteiger partial charge in [0.2, 0.25) is 0 Å². The van der Waals surface area contributed by atoms with Crippen molar-refractivity contribution in [3.05, 3.63) is 18.3 Å². The van der Waals surface area contributed by atoms with E-state index in [0.717, 1.165) is 25.5 Å². The van der Waals surface area contributed by atoms with Crippen LogP contribution in [0.1, 0.15) is 13.8 Å². The van der Waals surface area contributed by atoms with E-state index in [1.165, 1.54) is 0 Å². The number of likely N-dealkylation sites (N-methyl/N-ethyl adjacent to an activating group) is 1. The molecule has 1 aromatic heterocycles. The summed E-state index contributed by atoms with van der Waals surface area (Å²) in [5.74, 6) is 0.859. The van der Waals surface area contributed by atoms with Crippen molar-refractivity contribution in [3.8, 4) is 0 Å². The van der Waals surface area contributed by atoms with E-state index in [1.54, 1.807) is 6.20 Å². The van der Waals surface area contributed by atoms with Crippen LogP contribution in [0.3, 0.4) is 0 Å². The van der Waals surface area contributed by atoms with E-state index in [4.69, 9.17) is 0 Å². The van der Waals surface area contributed by atoms with Crippen LogP contribution in [0.5, 0.6) is 0 Å². The Balaban J connectivity index is 2.35. The molecule has 0 unspecified atom stereocenters.